The van der Waals surface area contributed by atoms with Gasteiger partial charge in [0.15, 0.2) is 11.6 Å². The molecule has 0 radical (unpaired) electrons. The minimum Gasteiger partial charge on any atom is -0.284 e. The van der Waals surface area contributed by atoms with Crippen LogP contribution in [0.25, 0.3) is 5.69 Å². The van der Waals surface area contributed by atoms with E-state index >= 15 is 0 Å². The maximum absolute atomic E-state index is 4.83. The Morgan fingerprint density at radius 3 is 1.13 bits per heavy atom. The molecule has 0 saturated heterocycles. The number of rotatable bonds is 13. The van der Waals surface area contributed by atoms with Crippen molar-refractivity contribution in [3.63, 3.8) is 0 Å². The Morgan fingerprint density at radius 2 is 0.830 bits per heavy atom. The minimum absolute atomic E-state index is 0.0434. The highest BCUT2D eigenvalue weighted by atomic mass is 15.3. The Balaban J connectivity index is 1.37. The predicted octanol–water partition coefficient (Wildman–Crippen LogP) is 6.55. The van der Waals surface area contributed by atoms with Crippen molar-refractivity contribution in [2.45, 2.75) is 65.5 Å². The van der Waals surface area contributed by atoms with Crippen LogP contribution in [0.1, 0.15) is 60.8 Å². The zero-order valence-corrected chi connectivity index (χ0v) is 27.3. The standard InChI is InChI=1S/C38H41N9/c1-38(2,3)30-16-18-35(19-17-30)47-36(28-45(24-31-12-4-8-20-39-31)25-32-13-5-9-21-40-32)43-44-37(47)29-46(26-33-14-6-10-22-41-33)27-34-15-7-11-23-42-34/h4-23H,24-29H2,1-3H3. The molecule has 0 N–H and O–H groups in total. The van der Waals surface area contributed by atoms with Gasteiger partial charge in [0.2, 0.25) is 0 Å². The van der Waals surface area contributed by atoms with Gasteiger partial charge in [-0.15, -0.1) is 10.2 Å². The lowest BCUT2D eigenvalue weighted by atomic mass is 9.87. The largest absolute Gasteiger partial charge is 0.284 e. The second kappa shape index (κ2) is 15.0. The molecule has 0 aliphatic heterocycles. The quantitative estimate of drug-likeness (QED) is 0.143. The highest BCUT2D eigenvalue weighted by Crippen LogP contribution is 2.25. The van der Waals surface area contributed by atoms with Crippen LogP contribution in [0.5, 0.6) is 0 Å². The van der Waals surface area contributed by atoms with E-state index in [1.165, 1.54) is 5.56 Å². The summed E-state index contributed by atoms with van der Waals surface area (Å²) in [6, 6.07) is 32.9. The van der Waals surface area contributed by atoms with Crippen LogP contribution in [0.2, 0.25) is 0 Å². The van der Waals surface area contributed by atoms with E-state index in [0.29, 0.717) is 39.3 Å². The third-order valence-corrected chi connectivity index (χ3v) is 7.97. The summed E-state index contributed by atoms with van der Waals surface area (Å²) in [5.41, 5.74) is 6.29. The van der Waals surface area contributed by atoms with Gasteiger partial charge in [0.05, 0.1) is 35.9 Å². The molecule has 0 aliphatic rings. The normalized spacial score (nSPS) is 11.8. The lowest BCUT2D eigenvalue weighted by Crippen LogP contribution is -2.27. The van der Waals surface area contributed by atoms with Crippen LogP contribution < -0.4 is 0 Å². The molecule has 5 aromatic heterocycles. The van der Waals surface area contributed by atoms with Gasteiger partial charge >= 0.3 is 0 Å². The molecule has 0 bridgehead atoms. The molecule has 6 rings (SSSR count). The van der Waals surface area contributed by atoms with E-state index in [2.05, 4.69) is 104 Å². The van der Waals surface area contributed by atoms with E-state index in [9.17, 15) is 0 Å². The second-order valence-corrected chi connectivity index (χ2v) is 12.7. The van der Waals surface area contributed by atoms with Gasteiger partial charge in [0.1, 0.15) is 0 Å². The van der Waals surface area contributed by atoms with Crippen molar-refractivity contribution in [2.75, 3.05) is 0 Å². The van der Waals surface area contributed by atoms with E-state index in [1.54, 1.807) is 0 Å². The van der Waals surface area contributed by atoms with Crippen LogP contribution in [-0.4, -0.2) is 44.5 Å². The van der Waals surface area contributed by atoms with Crippen LogP contribution in [-0.2, 0) is 44.7 Å². The highest BCUT2D eigenvalue weighted by Gasteiger charge is 2.22. The summed E-state index contributed by atoms with van der Waals surface area (Å²) in [6.45, 7) is 10.4. The monoisotopic (exact) mass is 623 g/mol. The fourth-order valence-electron chi connectivity index (χ4n) is 5.59. The van der Waals surface area contributed by atoms with E-state index < -0.39 is 0 Å². The zero-order chi connectivity index (χ0) is 32.5. The fraction of sp³-hybridized carbons (Fsp3) is 0.263. The molecule has 0 aliphatic carbocycles. The first-order valence-corrected chi connectivity index (χ1v) is 16.0. The fourth-order valence-corrected chi connectivity index (χ4v) is 5.59. The number of aromatic nitrogens is 7. The van der Waals surface area contributed by atoms with E-state index in [1.807, 2.05) is 73.3 Å². The Kier molecular flexibility index (Phi) is 10.2. The van der Waals surface area contributed by atoms with E-state index in [4.69, 9.17) is 10.2 Å². The molecule has 9 heteroatoms. The third kappa shape index (κ3) is 8.78. The second-order valence-electron chi connectivity index (χ2n) is 12.7. The van der Waals surface area contributed by atoms with Gasteiger partial charge in [-0.05, 0) is 71.6 Å². The van der Waals surface area contributed by atoms with Gasteiger partial charge in [-0.1, -0.05) is 57.2 Å². The highest BCUT2D eigenvalue weighted by molar-refractivity contribution is 5.39. The lowest BCUT2D eigenvalue weighted by Gasteiger charge is -2.24. The molecule has 238 valence electrons. The maximum atomic E-state index is 4.83. The molecule has 9 nitrogen and oxygen atoms in total. The lowest BCUT2D eigenvalue weighted by molar-refractivity contribution is 0.228. The molecule has 0 saturated carbocycles. The number of pyridine rings is 4. The average Bonchev–Trinajstić information content (AvgIpc) is 3.47. The van der Waals surface area contributed by atoms with Crippen molar-refractivity contribution in [1.82, 2.24) is 44.5 Å². The minimum atomic E-state index is 0.0434. The summed E-state index contributed by atoms with van der Waals surface area (Å²) >= 11 is 0. The average molecular weight is 624 g/mol. The van der Waals surface area contributed by atoms with Crippen molar-refractivity contribution in [2.24, 2.45) is 0 Å². The van der Waals surface area contributed by atoms with Crippen molar-refractivity contribution in [1.29, 1.82) is 0 Å². The molecule has 0 unspecified atom stereocenters. The van der Waals surface area contributed by atoms with E-state index in [0.717, 1.165) is 40.1 Å². The summed E-state index contributed by atoms with van der Waals surface area (Å²) in [5.74, 6) is 1.71. The first-order chi connectivity index (χ1) is 22.9. The van der Waals surface area contributed by atoms with Crippen molar-refractivity contribution < 1.29 is 0 Å². The van der Waals surface area contributed by atoms with Crippen molar-refractivity contribution in [3.05, 3.63) is 162 Å². The summed E-state index contributed by atoms with van der Waals surface area (Å²) in [5, 5.41) is 9.65. The Morgan fingerprint density at radius 1 is 0.468 bits per heavy atom. The third-order valence-electron chi connectivity index (χ3n) is 7.97. The number of hydrogen-bond donors (Lipinski definition) is 0. The van der Waals surface area contributed by atoms with Gasteiger partial charge in [0.25, 0.3) is 0 Å². The molecule has 0 spiro atoms. The van der Waals surface area contributed by atoms with Gasteiger partial charge in [0, 0.05) is 56.7 Å². The Hall–Kier alpha value is -5.12. The van der Waals surface area contributed by atoms with E-state index in [-0.39, 0.29) is 5.41 Å². The van der Waals surface area contributed by atoms with Crippen LogP contribution in [0.4, 0.5) is 0 Å². The molecule has 5 heterocycles. The van der Waals surface area contributed by atoms with Crippen molar-refractivity contribution >= 4 is 0 Å². The number of nitrogens with zero attached hydrogens (tertiary/aromatic N) is 9. The zero-order valence-electron chi connectivity index (χ0n) is 27.3. The maximum Gasteiger partial charge on any atom is 0.151 e. The molecule has 0 amide bonds. The first-order valence-electron chi connectivity index (χ1n) is 16.0. The van der Waals surface area contributed by atoms with Crippen molar-refractivity contribution in [3.8, 4) is 5.69 Å². The Labute approximate surface area is 277 Å². The van der Waals surface area contributed by atoms with Gasteiger partial charge in [-0.25, -0.2) is 0 Å². The summed E-state index contributed by atoms with van der Waals surface area (Å²) in [7, 11) is 0. The SMILES string of the molecule is CC(C)(C)c1ccc(-n2c(CN(Cc3ccccn3)Cc3ccccn3)nnc2CN(Cc2ccccn2)Cc2ccccn2)cc1. The first kappa shape index (κ1) is 31.8. The Bertz CT molecular complexity index is 1610. The molecule has 0 fully saturated rings. The predicted molar refractivity (Wildman–Crippen MR) is 183 cm³/mol. The molecule has 6 aromatic rings. The number of hydrogen-bond acceptors (Lipinski definition) is 8. The molecule has 1 aromatic carbocycles. The van der Waals surface area contributed by atoms with Gasteiger partial charge < -0.3 is 0 Å². The molecular weight excluding hydrogens is 582 g/mol. The van der Waals surface area contributed by atoms with Gasteiger partial charge in [-0.3, -0.25) is 34.3 Å². The summed E-state index contributed by atoms with van der Waals surface area (Å²) < 4.78 is 2.21. The van der Waals surface area contributed by atoms with Crippen LogP contribution in [0, 0.1) is 0 Å². The van der Waals surface area contributed by atoms with Crippen LogP contribution in [0.15, 0.2) is 122 Å². The molecule has 47 heavy (non-hydrogen) atoms. The molecular formula is C38H41N9. The topological polar surface area (TPSA) is 88.8 Å². The smallest absolute Gasteiger partial charge is 0.151 e. The number of benzene rings is 1. The summed E-state index contributed by atoms with van der Waals surface area (Å²) in [4.78, 5) is 23.1. The summed E-state index contributed by atoms with van der Waals surface area (Å²) in [6.07, 6.45) is 7.35. The molecule has 0 atom stereocenters. The van der Waals surface area contributed by atoms with Gasteiger partial charge in [-0.2, -0.15) is 0 Å². The van der Waals surface area contributed by atoms with Crippen LogP contribution in [0.3, 0.4) is 0 Å². The van der Waals surface area contributed by atoms with Crippen LogP contribution >= 0.6 is 0 Å².